The number of rotatable bonds is 2. The van der Waals surface area contributed by atoms with Gasteiger partial charge < -0.3 is 14.6 Å². The van der Waals surface area contributed by atoms with Crippen molar-refractivity contribution in [2.75, 3.05) is 13.2 Å². The molecule has 1 N–H and O–H groups in total. The van der Waals surface area contributed by atoms with Gasteiger partial charge in [-0.1, -0.05) is 12.1 Å². The SMILES string of the molecule is C[C@H]1COC(C)(C)CN1C(=O)Cn1c(=O)[nH]c2ccccc21. The summed E-state index contributed by atoms with van der Waals surface area (Å²) in [6, 6.07) is 7.40. The lowest BCUT2D eigenvalue weighted by atomic mass is 10.0. The Bertz CT molecular complexity index is 759. The number of fused-ring (bicyclic) bond motifs is 1. The van der Waals surface area contributed by atoms with Crippen LogP contribution in [0.15, 0.2) is 29.1 Å². The first-order valence-corrected chi connectivity index (χ1v) is 7.48. The molecule has 0 spiro atoms. The van der Waals surface area contributed by atoms with Crippen LogP contribution in [0.5, 0.6) is 0 Å². The summed E-state index contributed by atoms with van der Waals surface area (Å²) < 4.78 is 7.21. The molecule has 6 heteroatoms. The summed E-state index contributed by atoms with van der Waals surface area (Å²) in [6.45, 7) is 6.99. The van der Waals surface area contributed by atoms with Gasteiger partial charge in [0.15, 0.2) is 0 Å². The molecule has 3 rings (SSSR count). The molecule has 0 saturated carbocycles. The normalized spacial score (nSPS) is 21.2. The van der Waals surface area contributed by atoms with Gasteiger partial charge in [-0.05, 0) is 32.9 Å². The fourth-order valence-corrected chi connectivity index (χ4v) is 2.87. The number of hydrogen-bond donors (Lipinski definition) is 1. The van der Waals surface area contributed by atoms with E-state index in [0.29, 0.717) is 13.2 Å². The van der Waals surface area contributed by atoms with Crippen LogP contribution in [0.2, 0.25) is 0 Å². The number of hydrogen-bond acceptors (Lipinski definition) is 3. The van der Waals surface area contributed by atoms with Crippen LogP contribution in [0.3, 0.4) is 0 Å². The van der Waals surface area contributed by atoms with Crippen LogP contribution >= 0.6 is 0 Å². The maximum Gasteiger partial charge on any atom is 0.326 e. The number of H-pyrrole nitrogens is 1. The minimum absolute atomic E-state index is 0.0152. The Hall–Kier alpha value is -2.08. The van der Waals surface area contributed by atoms with Crippen molar-refractivity contribution in [1.29, 1.82) is 0 Å². The Kier molecular flexibility index (Phi) is 3.56. The van der Waals surface area contributed by atoms with Crippen molar-refractivity contribution in [3.63, 3.8) is 0 Å². The molecular weight excluding hydrogens is 282 g/mol. The van der Waals surface area contributed by atoms with Crippen LogP contribution in [0.4, 0.5) is 0 Å². The van der Waals surface area contributed by atoms with Gasteiger partial charge in [0.1, 0.15) is 6.54 Å². The quantitative estimate of drug-likeness (QED) is 0.911. The molecular formula is C16H21N3O3. The van der Waals surface area contributed by atoms with Crippen molar-refractivity contribution in [2.24, 2.45) is 0 Å². The van der Waals surface area contributed by atoms with Gasteiger partial charge in [-0.2, -0.15) is 0 Å². The van der Waals surface area contributed by atoms with Gasteiger partial charge in [0.25, 0.3) is 0 Å². The van der Waals surface area contributed by atoms with Crippen molar-refractivity contribution in [3.8, 4) is 0 Å². The average molecular weight is 303 g/mol. The summed E-state index contributed by atoms with van der Waals surface area (Å²) in [5.74, 6) is -0.0595. The molecule has 0 radical (unpaired) electrons. The van der Waals surface area contributed by atoms with Crippen molar-refractivity contribution in [2.45, 2.75) is 39.0 Å². The van der Waals surface area contributed by atoms with E-state index < -0.39 is 0 Å². The van der Waals surface area contributed by atoms with E-state index in [1.54, 1.807) is 4.90 Å². The minimum atomic E-state index is -0.354. The number of carbonyl (C=O) groups is 1. The van der Waals surface area contributed by atoms with Gasteiger partial charge >= 0.3 is 5.69 Å². The zero-order valence-corrected chi connectivity index (χ0v) is 13.1. The largest absolute Gasteiger partial charge is 0.372 e. The second-order valence-corrected chi connectivity index (χ2v) is 6.47. The van der Waals surface area contributed by atoms with Gasteiger partial charge in [-0.3, -0.25) is 9.36 Å². The molecule has 1 aliphatic rings. The minimum Gasteiger partial charge on any atom is -0.372 e. The topological polar surface area (TPSA) is 67.3 Å². The van der Waals surface area contributed by atoms with Crippen LogP contribution in [0, 0.1) is 0 Å². The van der Waals surface area contributed by atoms with Gasteiger partial charge in [-0.25, -0.2) is 4.79 Å². The summed E-state index contributed by atoms with van der Waals surface area (Å²) in [5, 5.41) is 0. The number of nitrogens with zero attached hydrogens (tertiary/aromatic N) is 2. The number of nitrogens with one attached hydrogen (secondary N) is 1. The molecule has 118 valence electrons. The highest BCUT2D eigenvalue weighted by Crippen LogP contribution is 2.21. The van der Waals surface area contributed by atoms with Crippen LogP contribution in [0.1, 0.15) is 20.8 Å². The van der Waals surface area contributed by atoms with E-state index in [9.17, 15) is 9.59 Å². The fraction of sp³-hybridized carbons (Fsp3) is 0.500. The zero-order chi connectivity index (χ0) is 15.9. The monoisotopic (exact) mass is 303 g/mol. The molecule has 6 nitrogen and oxygen atoms in total. The maximum absolute atomic E-state index is 12.7. The van der Waals surface area contributed by atoms with E-state index in [2.05, 4.69) is 4.98 Å². The molecule has 1 aromatic heterocycles. The fourth-order valence-electron chi connectivity index (χ4n) is 2.87. The third-order valence-electron chi connectivity index (χ3n) is 4.09. The molecule has 22 heavy (non-hydrogen) atoms. The second kappa shape index (κ2) is 5.28. The number of aromatic amines is 1. The first-order chi connectivity index (χ1) is 10.4. The van der Waals surface area contributed by atoms with Crippen LogP contribution < -0.4 is 5.69 Å². The smallest absolute Gasteiger partial charge is 0.326 e. The Balaban J connectivity index is 1.87. The highest BCUT2D eigenvalue weighted by Gasteiger charge is 2.34. The van der Waals surface area contributed by atoms with Gasteiger partial charge in [0, 0.05) is 6.54 Å². The number of amides is 1. The Morgan fingerprint density at radius 3 is 2.91 bits per heavy atom. The van der Waals surface area contributed by atoms with Crippen molar-refractivity contribution >= 4 is 16.9 Å². The number of aromatic nitrogens is 2. The standard InChI is InChI=1S/C16H21N3O3/c1-11-9-22-16(2,3)10-19(11)14(20)8-18-13-7-5-4-6-12(13)17-15(18)21/h4-7,11H,8-10H2,1-3H3,(H,17,21)/t11-/m0/s1. The first-order valence-electron chi connectivity index (χ1n) is 7.48. The summed E-state index contributed by atoms with van der Waals surface area (Å²) >= 11 is 0. The van der Waals surface area contributed by atoms with E-state index in [-0.39, 0.29) is 29.8 Å². The first kappa shape index (κ1) is 14.8. The van der Waals surface area contributed by atoms with E-state index in [4.69, 9.17) is 4.74 Å². The lowest BCUT2D eigenvalue weighted by Crippen LogP contribution is -2.56. The highest BCUT2D eigenvalue weighted by molar-refractivity contribution is 5.80. The summed E-state index contributed by atoms with van der Waals surface area (Å²) in [5.41, 5.74) is 0.888. The average Bonchev–Trinajstić information content (AvgIpc) is 2.78. The van der Waals surface area contributed by atoms with Crippen LogP contribution in [-0.2, 0) is 16.1 Å². The highest BCUT2D eigenvalue weighted by atomic mass is 16.5. The number of morpholine rings is 1. The molecule has 2 heterocycles. The molecule has 2 aromatic rings. The Labute approximate surface area is 128 Å². The van der Waals surface area contributed by atoms with E-state index in [1.807, 2.05) is 45.0 Å². The van der Waals surface area contributed by atoms with Crippen molar-refractivity contribution < 1.29 is 9.53 Å². The molecule has 1 saturated heterocycles. The van der Waals surface area contributed by atoms with E-state index in [0.717, 1.165) is 11.0 Å². The molecule has 1 amide bonds. The predicted molar refractivity (Wildman–Crippen MR) is 83.8 cm³/mol. The molecule has 1 atom stereocenters. The lowest BCUT2D eigenvalue weighted by Gasteiger charge is -2.42. The molecule has 0 bridgehead atoms. The van der Waals surface area contributed by atoms with Gasteiger partial charge in [0.05, 0.1) is 29.3 Å². The van der Waals surface area contributed by atoms with Crippen molar-refractivity contribution in [3.05, 3.63) is 34.7 Å². The maximum atomic E-state index is 12.7. The number of carbonyl (C=O) groups excluding carboxylic acids is 1. The summed E-state index contributed by atoms with van der Waals surface area (Å²) in [6.07, 6.45) is 0. The Morgan fingerprint density at radius 2 is 2.14 bits per heavy atom. The van der Waals surface area contributed by atoms with Crippen LogP contribution in [-0.4, -0.2) is 45.2 Å². The van der Waals surface area contributed by atoms with E-state index in [1.165, 1.54) is 4.57 Å². The number of para-hydroxylation sites is 2. The third-order valence-corrected chi connectivity index (χ3v) is 4.09. The molecule has 0 aliphatic carbocycles. The molecule has 0 unspecified atom stereocenters. The number of benzene rings is 1. The van der Waals surface area contributed by atoms with Crippen LogP contribution in [0.25, 0.3) is 11.0 Å². The second-order valence-electron chi connectivity index (χ2n) is 6.47. The molecule has 1 aliphatic heterocycles. The summed E-state index contributed by atoms with van der Waals surface area (Å²) in [4.78, 5) is 29.3. The number of imidazole rings is 1. The third kappa shape index (κ3) is 2.66. The predicted octanol–water partition coefficient (Wildman–Crippen LogP) is 1.36. The van der Waals surface area contributed by atoms with Gasteiger partial charge in [0.2, 0.25) is 5.91 Å². The molecule has 1 fully saturated rings. The lowest BCUT2D eigenvalue weighted by molar-refractivity contribution is -0.154. The van der Waals surface area contributed by atoms with E-state index >= 15 is 0 Å². The van der Waals surface area contributed by atoms with Gasteiger partial charge in [-0.15, -0.1) is 0 Å². The number of ether oxygens (including phenoxy) is 1. The Morgan fingerprint density at radius 1 is 1.41 bits per heavy atom. The zero-order valence-electron chi connectivity index (χ0n) is 13.1. The summed E-state index contributed by atoms with van der Waals surface area (Å²) in [7, 11) is 0. The molecule has 1 aromatic carbocycles. The van der Waals surface area contributed by atoms with Crippen molar-refractivity contribution in [1.82, 2.24) is 14.5 Å².